The number of ether oxygens (including phenoxy) is 4. The average Bonchev–Trinajstić information content (AvgIpc) is 2.45. The zero-order valence-corrected chi connectivity index (χ0v) is 17.3. The summed E-state index contributed by atoms with van der Waals surface area (Å²) in [6.07, 6.45) is 7.05. The molecule has 4 heteroatoms. The van der Waals surface area contributed by atoms with Crippen LogP contribution in [-0.4, -0.2) is 26.4 Å². The summed E-state index contributed by atoms with van der Waals surface area (Å²) in [5.41, 5.74) is 4.00. The molecule has 0 aromatic heterocycles. The van der Waals surface area contributed by atoms with E-state index in [2.05, 4.69) is 0 Å². The van der Waals surface area contributed by atoms with Crippen molar-refractivity contribution in [3.63, 3.8) is 0 Å². The SMILES string of the molecule is CC(C)=COCC(COC=C(C)C)(COC=C(C)C)COC=C(C)C. The Hall–Kier alpha value is -1.84. The van der Waals surface area contributed by atoms with E-state index < -0.39 is 5.41 Å². The lowest BCUT2D eigenvalue weighted by atomic mass is 9.92. The van der Waals surface area contributed by atoms with E-state index in [1.165, 1.54) is 0 Å². The van der Waals surface area contributed by atoms with E-state index in [1.807, 2.05) is 55.4 Å². The van der Waals surface area contributed by atoms with Crippen molar-refractivity contribution in [3.05, 3.63) is 47.3 Å². The van der Waals surface area contributed by atoms with Gasteiger partial charge in [-0.25, -0.2) is 0 Å². The maximum atomic E-state index is 5.77. The lowest BCUT2D eigenvalue weighted by molar-refractivity contribution is -0.0486. The molecule has 0 aromatic rings. The third-order valence-corrected chi connectivity index (χ3v) is 2.83. The summed E-state index contributed by atoms with van der Waals surface area (Å²) in [4.78, 5) is 0. The molecule has 0 aromatic carbocycles. The molecule has 144 valence electrons. The molecule has 0 bridgehead atoms. The second-order valence-corrected chi connectivity index (χ2v) is 7.52. The topological polar surface area (TPSA) is 36.9 Å². The van der Waals surface area contributed by atoms with Crippen molar-refractivity contribution < 1.29 is 18.9 Å². The first-order valence-corrected chi connectivity index (χ1v) is 8.67. The predicted octanol–water partition coefficient (Wildman–Crippen LogP) is 5.73. The minimum atomic E-state index is -0.421. The van der Waals surface area contributed by atoms with Crippen molar-refractivity contribution in [1.82, 2.24) is 0 Å². The molecule has 0 heterocycles. The first kappa shape index (κ1) is 23.2. The molecular formula is C21H36O4. The van der Waals surface area contributed by atoms with E-state index in [0.717, 1.165) is 22.3 Å². The molecule has 0 atom stereocenters. The van der Waals surface area contributed by atoms with Gasteiger partial charge in [0.05, 0.1) is 25.0 Å². The lowest BCUT2D eigenvalue weighted by Crippen LogP contribution is -2.40. The van der Waals surface area contributed by atoms with Crippen LogP contribution in [0.15, 0.2) is 47.3 Å². The van der Waals surface area contributed by atoms with Gasteiger partial charge < -0.3 is 18.9 Å². The van der Waals surface area contributed by atoms with Gasteiger partial charge in [-0.2, -0.15) is 0 Å². The Morgan fingerprint density at radius 3 is 0.840 bits per heavy atom. The summed E-state index contributed by atoms with van der Waals surface area (Å²) < 4.78 is 23.1. The van der Waals surface area contributed by atoms with E-state index in [0.29, 0.717) is 26.4 Å². The second kappa shape index (κ2) is 12.5. The van der Waals surface area contributed by atoms with Crippen molar-refractivity contribution in [3.8, 4) is 0 Å². The largest absolute Gasteiger partial charge is 0.500 e. The quantitative estimate of drug-likeness (QED) is 0.420. The Morgan fingerprint density at radius 1 is 0.480 bits per heavy atom. The van der Waals surface area contributed by atoms with Gasteiger partial charge in [0.1, 0.15) is 31.8 Å². The van der Waals surface area contributed by atoms with Crippen molar-refractivity contribution >= 4 is 0 Å². The van der Waals surface area contributed by atoms with Gasteiger partial charge in [-0.05, 0) is 77.7 Å². The number of hydrogen-bond acceptors (Lipinski definition) is 4. The Kier molecular flexibility index (Phi) is 11.6. The monoisotopic (exact) mass is 352 g/mol. The van der Waals surface area contributed by atoms with Crippen molar-refractivity contribution in [2.45, 2.75) is 55.4 Å². The molecular weight excluding hydrogens is 316 g/mol. The van der Waals surface area contributed by atoms with E-state index in [-0.39, 0.29) is 0 Å². The highest BCUT2D eigenvalue weighted by atomic mass is 16.5. The van der Waals surface area contributed by atoms with Crippen LogP contribution >= 0.6 is 0 Å². The van der Waals surface area contributed by atoms with Crippen molar-refractivity contribution in [2.75, 3.05) is 26.4 Å². The third-order valence-electron chi connectivity index (χ3n) is 2.83. The summed E-state index contributed by atoms with van der Waals surface area (Å²) in [5, 5.41) is 0. The Labute approximate surface area is 154 Å². The molecule has 0 amide bonds. The van der Waals surface area contributed by atoms with Gasteiger partial charge >= 0.3 is 0 Å². The number of allylic oxidation sites excluding steroid dienone is 4. The van der Waals surface area contributed by atoms with Crippen LogP contribution in [0.2, 0.25) is 0 Å². The Bertz CT molecular complexity index is 389. The minimum Gasteiger partial charge on any atom is -0.500 e. The fourth-order valence-electron chi connectivity index (χ4n) is 1.79. The fourth-order valence-corrected chi connectivity index (χ4v) is 1.79. The Balaban J connectivity index is 5.24. The van der Waals surface area contributed by atoms with Gasteiger partial charge in [-0.15, -0.1) is 0 Å². The van der Waals surface area contributed by atoms with Crippen LogP contribution in [0, 0.1) is 5.41 Å². The van der Waals surface area contributed by atoms with Crippen LogP contribution in [0.25, 0.3) is 0 Å². The van der Waals surface area contributed by atoms with Gasteiger partial charge in [-0.3, -0.25) is 0 Å². The lowest BCUT2D eigenvalue weighted by Gasteiger charge is -2.31. The highest BCUT2D eigenvalue weighted by molar-refractivity contribution is 4.93. The van der Waals surface area contributed by atoms with Crippen LogP contribution in [0.3, 0.4) is 0 Å². The predicted molar refractivity (Wildman–Crippen MR) is 104 cm³/mol. The molecule has 0 aliphatic rings. The Morgan fingerprint density at radius 2 is 0.680 bits per heavy atom. The molecule has 0 rings (SSSR count). The average molecular weight is 353 g/mol. The van der Waals surface area contributed by atoms with Crippen LogP contribution in [0.1, 0.15) is 55.4 Å². The summed E-state index contributed by atoms with van der Waals surface area (Å²) in [6.45, 7) is 17.8. The van der Waals surface area contributed by atoms with Crippen LogP contribution < -0.4 is 0 Å². The summed E-state index contributed by atoms with van der Waals surface area (Å²) in [7, 11) is 0. The van der Waals surface area contributed by atoms with Crippen molar-refractivity contribution in [1.29, 1.82) is 0 Å². The number of rotatable bonds is 12. The number of hydrogen-bond donors (Lipinski definition) is 0. The molecule has 0 spiro atoms. The normalized spacial score (nSPS) is 10.2. The summed E-state index contributed by atoms with van der Waals surface area (Å²) in [5.74, 6) is 0. The van der Waals surface area contributed by atoms with Crippen molar-refractivity contribution in [2.24, 2.45) is 5.41 Å². The van der Waals surface area contributed by atoms with Crippen LogP contribution in [0.4, 0.5) is 0 Å². The van der Waals surface area contributed by atoms with Crippen LogP contribution in [-0.2, 0) is 18.9 Å². The third kappa shape index (κ3) is 13.2. The van der Waals surface area contributed by atoms with E-state index in [9.17, 15) is 0 Å². The maximum Gasteiger partial charge on any atom is 0.106 e. The van der Waals surface area contributed by atoms with E-state index >= 15 is 0 Å². The van der Waals surface area contributed by atoms with E-state index in [4.69, 9.17) is 18.9 Å². The first-order valence-electron chi connectivity index (χ1n) is 8.67. The molecule has 0 saturated carbocycles. The molecule has 0 aliphatic heterocycles. The molecule has 0 fully saturated rings. The van der Waals surface area contributed by atoms with Gasteiger partial charge in [0.2, 0.25) is 0 Å². The van der Waals surface area contributed by atoms with E-state index in [1.54, 1.807) is 25.0 Å². The zero-order valence-electron chi connectivity index (χ0n) is 17.3. The maximum absolute atomic E-state index is 5.77. The van der Waals surface area contributed by atoms with Gasteiger partial charge in [0.15, 0.2) is 0 Å². The molecule has 0 unspecified atom stereocenters. The molecule has 0 N–H and O–H groups in total. The van der Waals surface area contributed by atoms with Gasteiger partial charge in [0.25, 0.3) is 0 Å². The second-order valence-electron chi connectivity index (χ2n) is 7.52. The molecule has 0 aliphatic carbocycles. The molecule has 0 radical (unpaired) electrons. The molecule has 4 nitrogen and oxygen atoms in total. The summed E-state index contributed by atoms with van der Waals surface area (Å²) >= 11 is 0. The first-order chi connectivity index (χ1) is 11.7. The molecule has 0 saturated heterocycles. The highest BCUT2D eigenvalue weighted by Gasteiger charge is 2.34. The minimum absolute atomic E-state index is 0.421. The fraction of sp³-hybridized carbons (Fsp3) is 0.619. The molecule has 25 heavy (non-hydrogen) atoms. The van der Waals surface area contributed by atoms with Crippen LogP contribution in [0.5, 0.6) is 0 Å². The highest BCUT2D eigenvalue weighted by Crippen LogP contribution is 2.22. The zero-order chi connectivity index (χ0) is 19.3. The van der Waals surface area contributed by atoms with Gasteiger partial charge in [0, 0.05) is 0 Å². The standard InChI is InChI=1S/C21H36O4/c1-17(2)9-22-13-21(14-23-10-18(3)4,15-24-11-19(5)6)16-25-12-20(7)8/h9-12H,13-16H2,1-8H3. The summed E-state index contributed by atoms with van der Waals surface area (Å²) in [6, 6.07) is 0. The smallest absolute Gasteiger partial charge is 0.106 e. The van der Waals surface area contributed by atoms with Gasteiger partial charge in [-0.1, -0.05) is 0 Å².